The molecule has 0 fully saturated rings. The first-order chi connectivity index (χ1) is 10.7. The fourth-order valence-electron chi connectivity index (χ4n) is 1.87. The van der Waals surface area contributed by atoms with Crippen LogP contribution in [0.1, 0.15) is 19.4 Å². The average Bonchev–Trinajstić information content (AvgIpc) is 2.53. The van der Waals surface area contributed by atoms with E-state index >= 15 is 0 Å². The van der Waals surface area contributed by atoms with Crippen LogP contribution in [0.5, 0.6) is 11.5 Å². The molecule has 22 heavy (non-hydrogen) atoms. The highest BCUT2D eigenvalue weighted by atomic mass is 32.2. The van der Waals surface area contributed by atoms with E-state index in [1.807, 2.05) is 36.9 Å². The maximum Gasteiger partial charge on any atom is 0.191 e. The van der Waals surface area contributed by atoms with Crippen LogP contribution in [0.3, 0.4) is 0 Å². The van der Waals surface area contributed by atoms with E-state index in [1.165, 1.54) is 0 Å². The number of nitrogens with zero attached hydrogens (tertiary/aromatic N) is 1. The SMILES string of the molecule is CCNC(=NCc1ccc(OC)c(OCC)c1)NCCSC. The summed E-state index contributed by atoms with van der Waals surface area (Å²) in [5, 5.41) is 6.56. The number of methoxy groups -OCH3 is 1. The van der Waals surface area contributed by atoms with Gasteiger partial charge in [-0.15, -0.1) is 0 Å². The number of guanidine groups is 1. The molecule has 0 aromatic heterocycles. The zero-order chi connectivity index (χ0) is 16.2. The zero-order valence-electron chi connectivity index (χ0n) is 13.9. The quantitative estimate of drug-likeness (QED) is 0.415. The molecule has 0 heterocycles. The second-order valence-corrected chi connectivity index (χ2v) is 5.52. The molecule has 0 spiro atoms. The minimum absolute atomic E-state index is 0.596. The molecule has 0 amide bonds. The van der Waals surface area contributed by atoms with E-state index in [4.69, 9.17) is 9.47 Å². The summed E-state index contributed by atoms with van der Waals surface area (Å²) in [6, 6.07) is 5.91. The van der Waals surface area contributed by atoms with Crippen LogP contribution < -0.4 is 20.1 Å². The average molecular weight is 325 g/mol. The standard InChI is InChI=1S/C16H27N3O2S/c1-5-17-16(18-9-10-22-4)19-12-13-7-8-14(20-3)15(11-13)21-6-2/h7-8,11H,5-6,9-10,12H2,1-4H3,(H2,17,18,19). The van der Waals surface area contributed by atoms with Gasteiger partial charge in [0.05, 0.1) is 20.3 Å². The van der Waals surface area contributed by atoms with Gasteiger partial charge in [-0.3, -0.25) is 0 Å². The number of ether oxygens (including phenoxy) is 2. The predicted octanol–water partition coefficient (Wildman–Crippen LogP) is 2.51. The number of benzene rings is 1. The largest absolute Gasteiger partial charge is 0.493 e. The van der Waals surface area contributed by atoms with Gasteiger partial charge in [0.2, 0.25) is 0 Å². The Hall–Kier alpha value is -1.56. The summed E-state index contributed by atoms with van der Waals surface area (Å²) in [6.07, 6.45) is 2.10. The maximum absolute atomic E-state index is 5.59. The van der Waals surface area contributed by atoms with E-state index < -0.39 is 0 Å². The minimum Gasteiger partial charge on any atom is -0.493 e. The summed E-state index contributed by atoms with van der Waals surface area (Å²) >= 11 is 1.81. The van der Waals surface area contributed by atoms with Crippen molar-refractivity contribution in [1.82, 2.24) is 10.6 Å². The minimum atomic E-state index is 0.596. The van der Waals surface area contributed by atoms with E-state index in [2.05, 4.69) is 28.8 Å². The molecular formula is C16H27N3O2S. The molecule has 124 valence electrons. The number of hydrogen-bond donors (Lipinski definition) is 2. The van der Waals surface area contributed by atoms with Gasteiger partial charge in [-0.2, -0.15) is 11.8 Å². The third-order valence-corrected chi connectivity index (χ3v) is 3.50. The summed E-state index contributed by atoms with van der Waals surface area (Å²) in [7, 11) is 1.65. The molecule has 0 saturated heterocycles. The first-order valence-corrected chi connectivity index (χ1v) is 8.95. The summed E-state index contributed by atoms with van der Waals surface area (Å²) in [6.45, 7) is 6.98. The van der Waals surface area contributed by atoms with Gasteiger partial charge in [0.25, 0.3) is 0 Å². The molecule has 2 N–H and O–H groups in total. The van der Waals surface area contributed by atoms with Gasteiger partial charge < -0.3 is 20.1 Å². The Labute approximate surface area is 137 Å². The van der Waals surface area contributed by atoms with Crippen LogP contribution >= 0.6 is 11.8 Å². The van der Waals surface area contributed by atoms with Crippen molar-refractivity contribution in [2.75, 3.05) is 38.8 Å². The Balaban J connectivity index is 2.73. The first kappa shape index (κ1) is 18.5. The number of thioether (sulfide) groups is 1. The second kappa shape index (κ2) is 11.1. The van der Waals surface area contributed by atoms with Crippen molar-refractivity contribution in [1.29, 1.82) is 0 Å². The van der Waals surface area contributed by atoms with Crippen LogP contribution in [0.15, 0.2) is 23.2 Å². The third-order valence-electron chi connectivity index (χ3n) is 2.89. The zero-order valence-corrected chi connectivity index (χ0v) is 14.8. The molecule has 0 aliphatic rings. The van der Waals surface area contributed by atoms with Crippen LogP contribution in [-0.2, 0) is 6.54 Å². The Kier molecular flexibility index (Phi) is 9.30. The van der Waals surface area contributed by atoms with Gasteiger partial charge in [0.1, 0.15) is 0 Å². The van der Waals surface area contributed by atoms with Gasteiger partial charge >= 0.3 is 0 Å². The lowest BCUT2D eigenvalue weighted by Crippen LogP contribution is -2.38. The van der Waals surface area contributed by atoms with Gasteiger partial charge in [-0.1, -0.05) is 6.07 Å². The molecule has 0 radical (unpaired) electrons. The molecule has 0 bridgehead atoms. The highest BCUT2D eigenvalue weighted by molar-refractivity contribution is 7.98. The maximum atomic E-state index is 5.59. The van der Waals surface area contributed by atoms with Crippen molar-refractivity contribution >= 4 is 17.7 Å². The van der Waals surface area contributed by atoms with Crippen LogP contribution in [-0.4, -0.2) is 44.8 Å². The topological polar surface area (TPSA) is 54.9 Å². The van der Waals surface area contributed by atoms with Crippen molar-refractivity contribution in [3.8, 4) is 11.5 Å². The Morgan fingerprint density at radius 3 is 2.68 bits per heavy atom. The molecular weight excluding hydrogens is 298 g/mol. The highest BCUT2D eigenvalue weighted by Crippen LogP contribution is 2.28. The highest BCUT2D eigenvalue weighted by Gasteiger charge is 2.05. The normalized spacial score (nSPS) is 11.2. The molecule has 5 nitrogen and oxygen atoms in total. The lowest BCUT2D eigenvalue weighted by molar-refractivity contribution is 0.310. The molecule has 0 aliphatic heterocycles. The van der Waals surface area contributed by atoms with Crippen LogP contribution in [0.4, 0.5) is 0 Å². The van der Waals surface area contributed by atoms with Gasteiger partial charge in [0.15, 0.2) is 17.5 Å². The van der Waals surface area contributed by atoms with Crippen molar-refractivity contribution < 1.29 is 9.47 Å². The van der Waals surface area contributed by atoms with Crippen molar-refractivity contribution in [2.45, 2.75) is 20.4 Å². The van der Waals surface area contributed by atoms with Crippen molar-refractivity contribution in [3.05, 3.63) is 23.8 Å². The predicted molar refractivity (Wildman–Crippen MR) is 95.4 cm³/mol. The summed E-state index contributed by atoms with van der Waals surface area (Å²) in [5.41, 5.74) is 1.09. The van der Waals surface area contributed by atoms with Gasteiger partial charge in [-0.05, 0) is 37.8 Å². The molecule has 1 aromatic carbocycles. The lowest BCUT2D eigenvalue weighted by Gasteiger charge is -2.12. The molecule has 1 rings (SSSR count). The van der Waals surface area contributed by atoms with E-state index in [-0.39, 0.29) is 0 Å². The summed E-state index contributed by atoms with van der Waals surface area (Å²) in [4.78, 5) is 4.60. The number of aliphatic imine (C=N–C) groups is 1. The number of hydrogen-bond acceptors (Lipinski definition) is 4. The van der Waals surface area contributed by atoms with E-state index in [0.29, 0.717) is 13.2 Å². The molecule has 0 aliphatic carbocycles. The van der Waals surface area contributed by atoms with E-state index in [1.54, 1.807) is 7.11 Å². The van der Waals surface area contributed by atoms with Gasteiger partial charge in [0, 0.05) is 18.8 Å². The van der Waals surface area contributed by atoms with Crippen LogP contribution in [0.2, 0.25) is 0 Å². The summed E-state index contributed by atoms with van der Waals surface area (Å²) in [5.74, 6) is 3.41. The van der Waals surface area contributed by atoms with Crippen LogP contribution in [0, 0.1) is 0 Å². The number of nitrogens with one attached hydrogen (secondary N) is 2. The van der Waals surface area contributed by atoms with Crippen molar-refractivity contribution in [2.24, 2.45) is 4.99 Å². The smallest absolute Gasteiger partial charge is 0.191 e. The van der Waals surface area contributed by atoms with Gasteiger partial charge in [-0.25, -0.2) is 4.99 Å². The molecule has 0 unspecified atom stereocenters. The Bertz CT molecular complexity index is 467. The monoisotopic (exact) mass is 325 g/mol. The van der Waals surface area contributed by atoms with E-state index in [9.17, 15) is 0 Å². The summed E-state index contributed by atoms with van der Waals surface area (Å²) < 4.78 is 10.9. The molecule has 1 aromatic rings. The van der Waals surface area contributed by atoms with E-state index in [0.717, 1.165) is 41.9 Å². The number of rotatable bonds is 9. The Morgan fingerprint density at radius 2 is 2.05 bits per heavy atom. The van der Waals surface area contributed by atoms with Crippen LogP contribution in [0.25, 0.3) is 0 Å². The first-order valence-electron chi connectivity index (χ1n) is 7.55. The fraction of sp³-hybridized carbons (Fsp3) is 0.562. The fourth-order valence-corrected chi connectivity index (χ4v) is 2.18. The second-order valence-electron chi connectivity index (χ2n) is 4.53. The van der Waals surface area contributed by atoms with Crippen molar-refractivity contribution in [3.63, 3.8) is 0 Å². The third kappa shape index (κ3) is 6.47. The molecule has 6 heteroatoms. The molecule has 0 atom stereocenters. The lowest BCUT2D eigenvalue weighted by atomic mass is 10.2. The molecule has 0 saturated carbocycles. The Morgan fingerprint density at radius 1 is 1.23 bits per heavy atom.